The van der Waals surface area contributed by atoms with Crippen molar-refractivity contribution in [2.24, 2.45) is 14.0 Å². The lowest BCUT2D eigenvalue weighted by molar-refractivity contribution is 0.267. The summed E-state index contributed by atoms with van der Waals surface area (Å²) in [7, 11) is -1.65. The van der Waals surface area contributed by atoms with Gasteiger partial charge in [0, 0.05) is 60.1 Å². The van der Waals surface area contributed by atoms with Gasteiger partial charge in [0.2, 0.25) is 10.0 Å². The second-order valence-electron chi connectivity index (χ2n) is 9.46. The molecule has 1 saturated heterocycles. The van der Waals surface area contributed by atoms with E-state index in [1.807, 2.05) is 43.6 Å². The zero-order valence-corrected chi connectivity index (χ0v) is 21.2. The quantitative estimate of drug-likeness (QED) is 0.361. The molecule has 1 aliphatic rings. The Balaban J connectivity index is 1.54. The molecule has 1 atom stereocenters. The summed E-state index contributed by atoms with van der Waals surface area (Å²) >= 11 is 0. The van der Waals surface area contributed by atoms with E-state index in [0.29, 0.717) is 35.8 Å². The summed E-state index contributed by atoms with van der Waals surface area (Å²) in [5, 5.41) is 4.79. The van der Waals surface area contributed by atoms with Crippen molar-refractivity contribution in [3.63, 3.8) is 0 Å². The molecule has 0 radical (unpaired) electrons. The number of hydrogen-bond acceptors (Lipinski definition) is 6. The van der Waals surface area contributed by atoms with Gasteiger partial charge in [-0.2, -0.15) is 5.10 Å². The van der Waals surface area contributed by atoms with Gasteiger partial charge in [0.1, 0.15) is 0 Å². The first-order valence-corrected chi connectivity index (χ1v) is 13.7. The number of imidazole rings is 1. The van der Waals surface area contributed by atoms with Crippen LogP contribution in [0.2, 0.25) is 0 Å². The average molecular weight is 521 g/mol. The molecule has 6 rings (SSSR count). The first-order chi connectivity index (χ1) is 18.9. The third-order valence-corrected chi connectivity index (χ3v) is 8.26. The molecule has 0 bridgehead atoms. The molecule has 0 N–H and O–H groups in total. The van der Waals surface area contributed by atoms with Crippen LogP contribution in [-0.4, -0.2) is 61.0 Å². The highest BCUT2D eigenvalue weighted by molar-refractivity contribution is 7.88. The van der Waals surface area contributed by atoms with Crippen LogP contribution in [0.5, 0.6) is 0 Å². The van der Waals surface area contributed by atoms with Crippen molar-refractivity contribution in [1.82, 2.24) is 33.2 Å². The molecule has 0 aliphatic carbocycles. The number of hydrogen-bond donors (Lipinski definition) is 0. The van der Waals surface area contributed by atoms with Crippen molar-refractivity contribution in [3.8, 4) is 22.4 Å². The Hall–Kier alpha value is -3.83. The average Bonchev–Trinajstić information content (AvgIpc) is 3.48. The lowest BCUT2D eigenvalue weighted by Crippen LogP contribution is -2.42. The number of nitrogens with zero attached hydrogens (tertiary/aromatic N) is 7. The summed E-state index contributed by atoms with van der Waals surface area (Å²) in [6.07, 6.45) is 9.01. The lowest BCUT2D eigenvalue weighted by Gasteiger charge is -2.31. The first kappa shape index (κ1) is 20.3. The van der Waals surface area contributed by atoms with Gasteiger partial charge in [0.15, 0.2) is 0 Å². The van der Waals surface area contributed by atoms with Crippen LogP contribution in [0.15, 0.2) is 59.9 Å². The van der Waals surface area contributed by atoms with Gasteiger partial charge in [0.05, 0.1) is 46.9 Å². The number of rotatable bonds is 4. The molecule has 11 heteroatoms. The van der Waals surface area contributed by atoms with Crippen LogP contribution >= 0.6 is 0 Å². The van der Waals surface area contributed by atoms with E-state index >= 15 is 0 Å². The van der Waals surface area contributed by atoms with Crippen LogP contribution in [-0.2, 0) is 24.0 Å². The van der Waals surface area contributed by atoms with Gasteiger partial charge in [-0.05, 0) is 36.6 Å². The molecule has 5 heterocycles. The van der Waals surface area contributed by atoms with E-state index in [0.717, 1.165) is 33.2 Å². The van der Waals surface area contributed by atoms with Crippen LogP contribution in [0.1, 0.15) is 23.0 Å². The molecule has 190 valence electrons. The van der Waals surface area contributed by atoms with Gasteiger partial charge in [-0.3, -0.25) is 23.8 Å². The number of piperidine rings is 1. The lowest BCUT2D eigenvalue weighted by atomic mass is 10.0. The molecular formula is C26H27N7O3S. The maximum Gasteiger partial charge on any atom is 0.329 e. The fourth-order valence-corrected chi connectivity index (χ4v) is 6.04. The molecule has 37 heavy (non-hydrogen) atoms. The number of sulfonamides is 1. The molecule has 4 aromatic heterocycles. The molecule has 1 fully saturated rings. The fourth-order valence-electron chi connectivity index (χ4n) is 5.13. The third-order valence-electron chi connectivity index (χ3n) is 6.99. The highest BCUT2D eigenvalue weighted by Crippen LogP contribution is 2.32. The van der Waals surface area contributed by atoms with Gasteiger partial charge in [-0.1, -0.05) is 12.1 Å². The Labute approximate surface area is 218 Å². The number of benzene rings is 1. The van der Waals surface area contributed by atoms with Gasteiger partial charge in [0.25, 0.3) is 0 Å². The molecule has 1 aromatic carbocycles. The normalized spacial score (nSPS) is 18.6. The van der Waals surface area contributed by atoms with Crippen LogP contribution in [0.3, 0.4) is 0 Å². The predicted molar refractivity (Wildman–Crippen MR) is 143 cm³/mol. The second kappa shape index (κ2) is 8.63. The summed E-state index contributed by atoms with van der Waals surface area (Å²) in [4.78, 5) is 22.8. The Morgan fingerprint density at radius 2 is 1.89 bits per heavy atom. The minimum atomic E-state index is -3.49. The van der Waals surface area contributed by atoms with Gasteiger partial charge >= 0.3 is 5.69 Å². The van der Waals surface area contributed by atoms with Gasteiger partial charge in [-0.25, -0.2) is 17.5 Å². The Bertz CT molecular complexity index is 1930. The van der Waals surface area contributed by atoms with E-state index < -0.39 is 28.7 Å². The Morgan fingerprint density at radius 3 is 2.59 bits per heavy atom. The molecule has 0 spiro atoms. The van der Waals surface area contributed by atoms with E-state index in [4.69, 9.17) is 4.11 Å². The fraction of sp³-hybridized carbons (Fsp3) is 0.308. The van der Waals surface area contributed by atoms with Gasteiger partial charge in [-0.15, -0.1) is 0 Å². The molecule has 0 saturated carbocycles. The molecule has 1 unspecified atom stereocenters. The predicted octanol–water partition coefficient (Wildman–Crippen LogP) is 2.95. The van der Waals surface area contributed by atoms with Crippen molar-refractivity contribution >= 4 is 32.0 Å². The van der Waals surface area contributed by atoms with Crippen molar-refractivity contribution < 1.29 is 12.5 Å². The highest BCUT2D eigenvalue weighted by atomic mass is 32.2. The van der Waals surface area contributed by atoms with E-state index in [1.54, 1.807) is 17.1 Å². The highest BCUT2D eigenvalue weighted by Gasteiger charge is 2.30. The molecule has 5 aromatic rings. The monoisotopic (exact) mass is 520 g/mol. The van der Waals surface area contributed by atoms with E-state index in [9.17, 15) is 13.2 Å². The standard InChI is InChI=1S/C26H27N7O3S/c1-30-15-19(13-29-30)22-8-7-18(12-27-22)17-6-9-23-21(11-17)25-24(14-28-23)31(2)26(34)33(25)20-5-4-10-32(16-20)37(3,35)36/h6-9,11-15,20H,4-5,10,16H2,1-3H3/i2D3. The Kier molecular flexibility index (Phi) is 4.73. The summed E-state index contributed by atoms with van der Waals surface area (Å²) in [5.41, 5.74) is 3.79. The maximum atomic E-state index is 13.7. The molecule has 1 aliphatic heterocycles. The van der Waals surface area contributed by atoms with Crippen LogP contribution in [0.4, 0.5) is 0 Å². The number of aromatic nitrogens is 6. The molecule has 0 amide bonds. The Morgan fingerprint density at radius 1 is 1.05 bits per heavy atom. The van der Waals surface area contributed by atoms with E-state index in [1.165, 1.54) is 15.1 Å². The molecular weight excluding hydrogens is 490 g/mol. The van der Waals surface area contributed by atoms with E-state index in [2.05, 4.69) is 15.1 Å². The van der Waals surface area contributed by atoms with Crippen molar-refractivity contribution in [3.05, 3.63) is 65.6 Å². The SMILES string of the molecule is [2H]C([2H])([2H])n1c(=O)n(C2CCCN(S(C)(=O)=O)C2)c2c3cc(-c4ccc(-c5cnn(C)c5)nc4)ccc3ncc21. The van der Waals surface area contributed by atoms with Crippen molar-refractivity contribution in [1.29, 1.82) is 0 Å². The zero-order valence-electron chi connectivity index (χ0n) is 23.4. The molecule has 10 nitrogen and oxygen atoms in total. The van der Waals surface area contributed by atoms with Crippen LogP contribution in [0.25, 0.3) is 44.3 Å². The van der Waals surface area contributed by atoms with Gasteiger partial charge < -0.3 is 0 Å². The first-order valence-electron chi connectivity index (χ1n) is 13.4. The number of pyridine rings is 2. The second-order valence-corrected chi connectivity index (χ2v) is 11.4. The number of fused-ring (bicyclic) bond motifs is 3. The summed E-state index contributed by atoms with van der Waals surface area (Å²) < 4.78 is 54.2. The van der Waals surface area contributed by atoms with Crippen molar-refractivity contribution in [2.75, 3.05) is 19.3 Å². The summed E-state index contributed by atoms with van der Waals surface area (Å²) in [6.45, 7) is -2.30. The smallest absolute Gasteiger partial charge is 0.293 e. The minimum absolute atomic E-state index is 0.0854. The summed E-state index contributed by atoms with van der Waals surface area (Å²) in [5.74, 6) is 0. The zero-order chi connectivity index (χ0) is 28.4. The number of aryl methyl sites for hydroxylation is 2. The van der Waals surface area contributed by atoms with Crippen LogP contribution < -0.4 is 5.69 Å². The van der Waals surface area contributed by atoms with Crippen molar-refractivity contribution in [2.45, 2.75) is 18.9 Å². The summed E-state index contributed by atoms with van der Waals surface area (Å²) in [6, 6.07) is 8.91. The van der Waals surface area contributed by atoms with E-state index in [-0.39, 0.29) is 12.1 Å². The minimum Gasteiger partial charge on any atom is -0.293 e. The largest absolute Gasteiger partial charge is 0.329 e. The third kappa shape index (κ3) is 4.04. The van der Waals surface area contributed by atoms with Crippen LogP contribution in [0, 0.1) is 0 Å². The topological polar surface area (TPSA) is 108 Å². The maximum absolute atomic E-state index is 13.7.